The van der Waals surface area contributed by atoms with Gasteiger partial charge in [0.15, 0.2) is 11.5 Å². The van der Waals surface area contributed by atoms with E-state index >= 15 is 0 Å². The quantitative estimate of drug-likeness (QED) is 0.916. The summed E-state index contributed by atoms with van der Waals surface area (Å²) < 4.78 is 11.3. The van der Waals surface area contributed by atoms with Gasteiger partial charge in [0.1, 0.15) is 6.10 Å². The Kier molecular flexibility index (Phi) is 3.84. The summed E-state index contributed by atoms with van der Waals surface area (Å²) in [6.07, 6.45) is 0.227. The first kappa shape index (κ1) is 14.0. The summed E-state index contributed by atoms with van der Waals surface area (Å²) in [6.45, 7) is 5.40. The summed E-state index contributed by atoms with van der Waals surface area (Å²) >= 11 is 0. The van der Waals surface area contributed by atoms with E-state index in [1.807, 2.05) is 44.2 Å². The molecule has 1 aliphatic heterocycles. The highest BCUT2D eigenvalue weighted by Crippen LogP contribution is 2.34. The lowest BCUT2D eigenvalue weighted by molar-refractivity contribution is 0.219. The van der Waals surface area contributed by atoms with Gasteiger partial charge in [-0.15, -0.1) is 0 Å². The molecule has 0 radical (unpaired) electrons. The molecule has 3 heteroatoms. The van der Waals surface area contributed by atoms with Crippen molar-refractivity contribution in [3.05, 3.63) is 58.7 Å². The fraction of sp³-hybridized carbons (Fsp3) is 0.333. The van der Waals surface area contributed by atoms with E-state index in [2.05, 4.69) is 6.07 Å². The van der Waals surface area contributed by atoms with Crippen LogP contribution < -0.4 is 9.47 Å². The van der Waals surface area contributed by atoms with E-state index in [-0.39, 0.29) is 0 Å². The van der Waals surface area contributed by atoms with Crippen molar-refractivity contribution in [2.45, 2.75) is 26.4 Å². The van der Waals surface area contributed by atoms with Crippen LogP contribution in [0.1, 0.15) is 34.8 Å². The predicted octanol–water partition coefficient (Wildman–Crippen LogP) is 3.55. The minimum Gasteiger partial charge on any atom is -0.490 e. The third-order valence-electron chi connectivity index (χ3n) is 3.65. The molecule has 0 aliphatic carbocycles. The van der Waals surface area contributed by atoms with Crippen LogP contribution in [-0.4, -0.2) is 18.3 Å². The second-order valence-corrected chi connectivity index (χ2v) is 5.58. The molecule has 1 heterocycles. The van der Waals surface area contributed by atoms with Gasteiger partial charge >= 0.3 is 0 Å². The van der Waals surface area contributed by atoms with Crippen molar-refractivity contribution >= 4 is 0 Å². The fourth-order valence-electron chi connectivity index (χ4n) is 2.71. The van der Waals surface area contributed by atoms with Crippen LogP contribution in [0, 0.1) is 13.8 Å². The summed E-state index contributed by atoms with van der Waals surface area (Å²) in [4.78, 5) is 0. The maximum absolute atomic E-state index is 10.6. The normalized spacial score (nSPS) is 15.4. The van der Waals surface area contributed by atoms with Crippen molar-refractivity contribution in [1.29, 1.82) is 0 Å². The maximum Gasteiger partial charge on any atom is 0.161 e. The topological polar surface area (TPSA) is 38.7 Å². The smallest absolute Gasteiger partial charge is 0.161 e. The molecule has 0 fully saturated rings. The molecule has 2 aromatic rings. The van der Waals surface area contributed by atoms with Crippen LogP contribution in [0.5, 0.6) is 11.5 Å². The second kappa shape index (κ2) is 5.78. The molecule has 1 N–H and O–H groups in total. The molecule has 3 rings (SSSR count). The third-order valence-corrected chi connectivity index (χ3v) is 3.65. The zero-order valence-electron chi connectivity index (χ0n) is 12.4. The van der Waals surface area contributed by atoms with Gasteiger partial charge in [-0.1, -0.05) is 35.4 Å². The van der Waals surface area contributed by atoms with E-state index in [1.165, 1.54) is 0 Å². The van der Waals surface area contributed by atoms with Gasteiger partial charge < -0.3 is 14.6 Å². The van der Waals surface area contributed by atoms with Gasteiger partial charge in [0.2, 0.25) is 0 Å². The van der Waals surface area contributed by atoms with Crippen molar-refractivity contribution in [1.82, 2.24) is 0 Å². The summed E-state index contributed by atoms with van der Waals surface area (Å²) in [5, 5.41) is 10.6. The van der Waals surface area contributed by atoms with Crippen LogP contribution >= 0.6 is 0 Å². The van der Waals surface area contributed by atoms with Gasteiger partial charge in [0.05, 0.1) is 13.2 Å². The Morgan fingerprint density at radius 2 is 1.52 bits per heavy atom. The lowest BCUT2D eigenvalue weighted by atomic mass is 9.98. The molecule has 1 unspecified atom stereocenters. The number of fused-ring (bicyclic) bond motifs is 1. The van der Waals surface area contributed by atoms with Gasteiger partial charge in [-0.25, -0.2) is 0 Å². The first-order valence-electron chi connectivity index (χ1n) is 7.29. The number of aliphatic hydroxyl groups excluding tert-OH is 1. The van der Waals surface area contributed by atoms with E-state index in [9.17, 15) is 5.11 Å². The molecule has 2 aromatic carbocycles. The van der Waals surface area contributed by atoms with Crippen LogP contribution in [0.4, 0.5) is 0 Å². The molecule has 0 aromatic heterocycles. The molecule has 3 nitrogen and oxygen atoms in total. The largest absolute Gasteiger partial charge is 0.490 e. The van der Waals surface area contributed by atoms with Gasteiger partial charge in [0.25, 0.3) is 0 Å². The van der Waals surface area contributed by atoms with Crippen LogP contribution in [-0.2, 0) is 0 Å². The second-order valence-electron chi connectivity index (χ2n) is 5.58. The first-order valence-corrected chi connectivity index (χ1v) is 7.29. The summed E-state index contributed by atoms with van der Waals surface area (Å²) in [6, 6.07) is 11.8. The van der Waals surface area contributed by atoms with E-state index in [4.69, 9.17) is 9.47 Å². The van der Waals surface area contributed by atoms with Gasteiger partial charge in [0, 0.05) is 6.42 Å². The van der Waals surface area contributed by atoms with E-state index in [1.54, 1.807) is 0 Å². The van der Waals surface area contributed by atoms with Crippen molar-refractivity contribution in [2.75, 3.05) is 13.2 Å². The zero-order chi connectivity index (χ0) is 14.8. The Bertz CT molecular complexity index is 629. The molecular formula is C18H20O3. The van der Waals surface area contributed by atoms with E-state index < -0.39 is 6.10 Å². The molecule has 0 bridgehead atoms. The van der Waals surface area contributed by atoms with Gasteiger partial charge in [-0.2, -0.15) is 0 Å². The standard InChI is InChI=1S/C18H20O3/c1-12-8-13(2)10-15(9-12)18(19)14-4-5-16-17(11-14)21-7-3-6-20-16/h4-5,8-11,18-19H,3,6-7H2,1-2H3. The highest BCUT2D eigenvalue weighted by atomic mass is 16.5. The number of aliphatic hydroxyl groups is 1. The molecular weight excluding hydrogens is 264 g/mol. The summed E-state index contributed by atoms with van der Waals surface area (Å²) in [5.74, 6) is 1.47. The van der Waals surface area contributed by atoms with Crippen LogP contribution in [0.15, 0.2) is 36.4 Å². The molecule has 0 spiro atoms. The molecule has 0 saturated carbocycles. The van der Waals surface area contributed by atoms with Crippen LogP contribution in [0.25, 0.3) is 0 Å². The third kappa shape index (κ3) is 3.03. The fourth-order valence-corrected chi connectivity index (χ4v) is 2.71. The highest BCUT2D eigenvalue weighted by molar-refractivity contribution is 5.46. The Hall–Kier alpha value is -2.00. The van der Waals surface area contributed by atoms with Crippen molar-refractivity contribution in [3.63, 3.8) is 0 Å². The Morgan fingerprint density at radius 1 is 0.857 bits per heavy atom. The molecule has 1 aliphatic rings. The number of hydrogen-bond acceptors (Lipinski definition) is 3. The van der Waals surface area contributed by atoms with E-state index in [0.29, 0.717) is 19.0 Å². The minimum absolute atomic E-state index is 0.649. The number of rotatable bonds is 2. The molecule has 1 atom stereocenters. The lowest BCUT2D eigenvalue weighted by Gasteiger charge is -2.15. The lowest BCUT2D eigenvalue weighted by Crippen LogP contribution is -2.02. The number of benzene rings is 2. The van der Waals surface area contributed by atoms with Crippen molar-refractivity contribution in [2.24, 2.45) is 0 Å². The number of ether oxygens (including phenoxy) is 2. The SMILES string of the molecule is Cc1cc(C)cc(C(O)c2ccc3c(c2)OCCCO3)c1. The summed E-state index contributed by atoms with van der Waals surface area (Å²) in [7, 11) is 0. The Morgan fingerprint density at radius 3 is 2.24 bits per heavy atom. The van der Waals surface area contributed by atoms with Crippen LogP contribution in [0.2, 0.25) is 0 Å². The predicted molar refractivity (Wildman–Crippen MR) is 82.0 cm³/mol. The monoisotopic (exact) mass is 284 g/mol. The van der Waals surface area contributed by atoms with Crippen LogP contribution in [0.3, 0.4) is 0 Å². The maximum atomic E-state index is 10.6. The van der Waals surface area contributed by atoms with E-state index in [0.717, 1.165) is 34.4 Å². The first-order chi connectivity index (χ1) is 10.1. The number of aryl methyl sites for hydroxylation is 2. The Labute approximate surface area is 125 Å². The molecule has 110 valence electrons. The highest BCUT2D eigenvalue weighted by Gasteiger charge is 2.16. The molecule has 21 heavy (non-hydrogen) atoms. The summed E-state index contributed by atoms with van der Waals surface area (Å²) in [5.41, 5.74) is 4.03. The molecule has 0 amide bonds. The average molecular weight is 284 g/mol. The minimum atomic E-state index is -0.652. The zero-order valence-corrected chi connectivity index (χ0v) is 12.4. The van der Waals surface area contributed by atoms with Crippen molar-refractivity contribution < 1.29 is 14.6 Å². The average Bonchev–Trinajstić information content (AvgIpc) is 2.69. The van der Waals surface area contributed by atoms with Crippen molar-refractivity contribution in [3.8, 4) is 11.5 Å². The number of hydrogen-bond donors (Lipinski definition) is 1. The molecule has 0 saturated heterocycles. The Balaban J connectivity index is 1.94. The van der Waals surface area contributed by atoms with Gasteiger partial charge in [-0.05, 0) is 37.1 Å². The van der Waals surface area contributed by atoms with Gasteiger partial charge in [-0.3, -0.25) is 0 Å².